The number of fused-ring (bicyclic) bond motifs is 1. The predicted octanol–water partition coefficient (Wildman–Crippen LogP) is 8.87. The fourth-order valence-corrected chi connectivity index (χ4v) is 5.17. The van der Waals surface area contributed by atoms with Crippen LogP contribution in [0.25, 0.3) is 22.1 Å². The van der Waals surface area contributed by atoms with Gasteiger partial charge in [-0.15, -0.1) is 0 Å². The molecule has 3 aromatic rings. The van der Waals surface area contributed by atoms with Gasteiger partial charge in [0.25, 0.3) is 0 Å². The third-order valence-corrected chi connectivity index (χ3v) is 8.12. The first kappa shape index (κ1) is 33.8. The van der Waals surface area contributed by atoms with Gasteiger partial charge in [0, 0.05) is 17.6 Å². The summed E-state index contributed by atoms with van der Waals surface area (Å²) in [4.78, 5) is 29.6. The molecule has 232 valence electrons. The number of pyridine rings is 1. The van der Waals surface area contributed by atoms with Crippen LogP contribution in [0.3, 0.4) is 0 Å². The van der Waals surface area contributed by atoms with Crippen molar-refractivity contribution in [3.8, 4) is 23.1 Å². The molecule has 0 N–H and O–H groups in total. The lowest BCUT2D eigenvalue weighted by atomic mass is 9.72. The number of aromatic nitrogens is 1. The van der Waals surface area contributed by atoms with Crippen LogP contribution in [0.5, 0.6) is 5.88 Å². The molecule has 0 aliphatic heterocycles. The minimum Gasteiger partial charge on any atom is -0.478 e. The van der Waals surface area contributed by atoms with E-state index >= 15 is 0 Å². The molecule has 0 aliphatic carbocycles. The van der Waals surface area contributed by atoms with E-state index in [2.05, 4.69) is 38.7 Å². The summed E-state index contributed by atoms with van der Waals surface area (Å²) in [5.74, 6) is 0.630. The van der Waals surface area contributed by atoms with Crippen LogP contribution in [0.15, 0.2) is 51.8 Å². The van der Waals surface area contributed by atoms with E-state index in [0.29, 0.717) is 46.8 Å². The molecule has 0 bridgehead atoms. The molecule has 0 fully saturated rings. The Morgan fingerprint density at radius 2 is 1.53 bits per heavy atom. The van der Waals surface area contributed by atoms with Gasteiger partial charge in [-0.05, 0) is 68.2 Å². The monoisotopic (exact) mass is 588 g/mol. The van der Waals surface area contributed by atoms with Crippen molar-refractivity contribution in [2.45, 2.75) is 99.3 Å². The lowest BCUT2D eigenvalue weighted by Crippen LogP contribution is -2.35. The minimum atomic E-state index is -0.463. The first-order valence-electron chi connectivity index (χ1n) is 15.7. The molecule has 3 rings (SSSR count). The van der Waals surface area contributed by atoms with Gasteiger partial charge in [0.1, 0.15) is 5.58 Å². The van der Waals surface area contributed by atoms with E-state index in [1.54, 1.807) is 42.6 Å². The zero-order chi connectivity index (χ0) is 31.5. The molecule has 2 heterocycles. The Hall–Kier alpha value is -3.66. The number of hydrogen-bond donors (Lipinski definition) is 0. The summed E-state index contributed by atoms with van der Waals surface area (Å²) in [6.07, 6.45) is 11.3. The molecular weight excluding hydrogens is 540 g/mol. The highest BCUT2D eigenvalue weighted by molar-refractivity contribution is 5.81. The van der Waals surface area contributed by atoms with Gasteiger partial charge in [0.2, 0.25) is 5.88 Å². The number of carbonyl (C=O) groups is 1. The van der Waals surface area contributed by atoms with Crippen molar-refractivity contribution in [2.24, 2.45) is 16.7 Å². The number of benzene rings is 1. The Kier molecular flexibility index (Phi) is 12.4. The van der Waals surface area contributed by atoms with E-state index in [-0.39, 0.29) is 17.3 Å². The molecule has 7 nitrogen and oxygen atoms in total. The Morgan fingerprint density at radius 3 is 2.14 bits per heavy atom. The first-order valence-corrected chi connectivity index (χ1v) is 15.7. The summed E-state index contributed by atoms with van der Waals surface area (Å²) < 4.78 is 17.0. The fourth-order valence-electron chi connectivity index (χ4n) is 5.17. The van der Waals surface area contributed by atoms with Crippen molar-refractivity contribution in [1.82, 2.24) is 4.98 Å². The molecule has 43 heavy (non-hydrogen) atoms. The maximum Gasteiger partial charge on any atom is 0.344 e. The molecule has 0 amide bonds. The topological polar surface area (TPSA) is 102 Å². The number of ether oxygens (including phenoxy) is 2. The number of hydrogen-bond acceptors (Lipinski definition) is 7. The lowest BCUT2D eigenvalue weighted by Gasteiger charge is -2.34. The molecule has 1 aromatic carbocycles. The van der Waals surface area contributed by atoms with E-state index in [0.717, 1.165) is 44.9 Å². The van der Waals surface area contributed by atoms with Crippen LogP contribution in [0.2, 0.25) is 0 Å². The van der Waals surface area contributed by atoms with Crippen LogP contribution in [0.1, 0.15) is 105 Å². The normalized spacial score (nSPS) is 12.6. The smallest absolute Gasteiger partial charge is 0.344 e. The third kappa shape index (κ3) is 10.5. The van der Waals surface area contributed by atoms with Crippen molar-refractivity contribution in [1.29, 1.82) is 5.26 Å². The average Bonchev–Trinajstić information content (AvgIpc) is 2.96. The molecule has 0 aliphatic rings. The lowest BCUT2D eigenvalue weighted by molar-refractivity contribution is -0.157. The van der Waals surface area contributed by atoms with Crippen LogP contribution in [0.4, 0.5) is 0 Å². The third-order valence-electron chi connectivity index (χ3n) is 8.12. The molecule has 0 saturated carbocycles. The summed E-state index contributed by atoms with van der Waals surface area (Å²) >= 11 is 0. The van der Waals surface area contributed by atoms with Crippen molar-refractivity contribution < 1.29 is 18.7 Å². The van der Waals surface area contributed by atoms with Gasteiger partial charge in [-0.3, -0.25) is 4.79 Å². The second kappa shape index (κ2) is 15.7. The quantitative estimate of drug-likeness (QED) is 0.122. The van der Waals surface area contributed by atoms with Gasteiger partial charge in [0.15, 0.2) is 0 Å². The maximum atomic E-state index is 12.6. The molecular formula is C36H48N2O5. The number of unbranched alkanes of at least 4 members (excludes halogenated alkanes) is 7. The molecule has 0 radical (unpaired) electrons. The molecule has 0 spiro atoms. The Bertz CT molecular complexity index is 1430. The van der Waals surface area contributed by atoms with E-state index in [9.17, 15) is 9.59 Å². The maximum absolute atomic E-state index is 12.6. The number of esters is 1. The molecule has 0 saturated heterocycles. The highest BCUT2D eigenvalue weighted by Crippen LogP contribution is 2.37. The van der Waals surface area contributed by atoms with Crippen molar-refractivity contribution in [3.05, 3.63) is 58.6 Å². The summed E-state index contributed by atoms with van der Waals surface area (Å²) in [6, 6.07) is 12.3. The van der Waals surface area contributed by atoms with Crippen LogP contribution in [-0.2, 0) is 9.53 Å². The average molecular weight is 589 g/mol. The van der Waals surface area contributed by atoms with Gasteiger partial charge >= 0.3 is 11.6 Å². The standard InChI is InChI=1S/C36H48N2O5/c1-26(23-35(2,3)4)36(5,6)34(40)42-20-14-12-10-8-7-9-11-13-19-41-32-22-31-29(25-38-32)21-30(33(39)43-31)28-17-15-27(24-37)16-18-28/h15-18,21-22,25-26H,7-14,19-20,23H2,1-6H3. The van der Waals surface area contributed by atoms with Crippen LogP contribution in [-0.4, -0.2) is 24.2 Å². The van der Waals surface area contributed by atoms with Crippen molar-refractivity contribution >= 4 is 16.9 Å². The molecule has 1 unspecified atom stereocenters. The molecule has 1 atom stereocenters. The predicted molar refractivity (Wildman–Crippen MR) is 171 cm³/mol. The number of rotatable bonds is 16. The summed E-state index contributed by atoms with van der Waals surface area (Å²) in [5, 5.41) is 9.69. The second-order valence-corrected chi connectivity index (χ2v) is 13.4. The van der Waals surface area contributed by atoms with Crippen LogP contribution in [0, 0.1) is 28.1 Å². The van der Waals surface area contributed by atoms with Gasteiger partial charge in [0.05, 0.1) is 35.8 Å². The fraction of sp³-hybridized carbons (Fsp3) is 0.556. The summed E-state index contributed by atoms with van der Waals surface area (Å²) in [5.41, 5.74) is 1.37. The summed E-state index contributed by atoms with van der Waals surface area (Å²) in [6.45, 7) is 13.9. The number of nitrogens with zero attached hydrogens (tertiary/aromatic N) is 2. The van der Waals surface area contributed by atoms with Gasteiger partial charge in [-0.1, -0.05) is 78.4 Å². The van der Waals surface area contributed by atoms with Crippen molar-refractivity contribution in [3.63, 3.8) is 0 Å². The highest BCUT2D eigenvalue weighted by Gasteiger charge is 2.37. The minimum absolute atomic E-state index is 0.0799. The SMILES string of the molecule is CC(CC(C)(C)C)C(C)(C)C(=O)OCCCCCCCCCCOc1cc2oc(=O)c(-c3ccc(C#N)cc3)cc2cn1. The highest BCUT2D eigenvalue weighted by atomic mass is 16.5. The number of carbonyl (C=O) groups excluding carboxylic acids is 1. The number of nitriles is 1. The van der Waals surface area contributed by atoms with E-state index in [1.165, 1.54) is 12.8 Å². The van der Waals surface area contributed by atoms with Crippen molar-refractivity contribution in [2.75, 3.05) is 13.2 Å². The van der Waals surface area contributed by atoms with Gasteiger partial charge in [-0.2, -0.15) is 5.26 Å². The summed E-state index contributed by atoms with van der Waals surface area (Å²) in [7, 11) is 0. The molecule has 2 aromatic heterocycles. The second-order valence-electron chi connectivity index (χ2n) is 13.4. The Balaban J connectivity index is 1.27. The van der Waals surface area contributed by atoms with Gasteiger partial charge in [-0.25, -0.2) is 9.78 Å². The Labute approximate surface area is 256 Å². The largest absolute Gasteiger partial charge is 0.478 e. The molecule has 7 heteroatoms. The van der Waals surface area contributed by atoms with Gasteiger partial charge < -0.3 is 13.9 Å². The zero-order valence-electron chi connectivity index (χ0n) is 26.8. The first-order chi connectivity index (χ1) is 20.4. The van der Waals surface area contributed by atoms with Crippen LogP contribution >= 0.6 is 0 Å². The van der Waals surface area contributed by atoms with E-state index < -0.39 is 11.0 Å². The van der Waals surface area contributed by atoms with E-state index in [4.69, 9.17) is 19.2 Å². The van der Waals surface area contributed by atoms with Crippen LogP contribution < -0.4 is 10.4 Å². The Morgan fingerprint density at radius 1 is 0.930 bits per heavy atom. The zero-order valence-corrected chi connectivity index (χ0v) is 26.8. The van der Waals surface area contributed by atoms with E-state index in [1.807, 2.05) is 13.8 Å².